The van der Waals surface area contributed by atoms with Crippen LogP contribution >= 0.6 is 34.8 Å². The maximum absolute atomic E-state index is 12.9. The van der Waals surface area contributed by atoms with E-state index in [2.05, 4.69) is 32.9 Å². The summed E-state index contributed by atoms with van der Waals surface area (Å²) >= 11 is 7.41. The first-order valence-corrected chi connectivity index (χ1v) is 9.41. The molecule has 1 aliphatic heterocycles. The smallest absolute Gasteiger partial charge is 0.251 e. The van der Waals surface area contributed by atoms with Crippen LogP contribution in [0.4, 0.5) is 11.4 Å². The summed E-state index contributed by atoms with van der Waals surface area (Å²) in [6.07, 6.45) is 1.38. The maximum Gasteiger partial charge on any atom is 0.251 e. The Morgan fingerprint density at radius 3 is 2.50 bits per heavy atom. The SMILES string of the molecule is Cc1ccc(N2C(=O)[C@@H](C=Nc3ccc(I)cc3C)C(=O)NC2=S)cc1. The van der Waals surface area contributed by atoms with Crippen molar-refractivity contribution >= 4 is 69.3 Å². The lowest BCUT2D eigenvalue weighted by atomic mass is 10.1. The molecule has 0 unspecified atom stereocenters. The third-order valence-corrected chi connectivity index (χ3v) is 4.97. The summed E-state index contributed by atoms with van der Waals surface area (Å²) in [4.78, 5) is 30.8. The van der Waals surface area contributed by atoms with Gasteiger partial charge in [0.05, 0.1) is 11.4 Å². The molecular formula is C19H16IN3O2S. The molecule has 0 aliphatic carbocycles. The average Bonchev–Trinajstić information content (AvgIpc) is 2.57. The van der Waals surface area contributed by atoms with Gasteiger partial charge in [0.15, 0.2) is 11.0 Å². The first-order chi connectivity index (χ1) is 12.4. The number of thiocarbonyl (C=S) groups is 1. The van der Waals surface area contributed by atoms with Crippen molar-refractivity contribution in [3.8, 4) is 0 Å². The number of benzene rings is 2. The zero-order chi connectivity index (χ0) is 18.8. The lowest BCUT2D eigenvalue weighted by Crippen LogP contribution is -2.58. The van der Waals surface area contributed by atoms with Gasteiger partial charge in [0, 0.05) is 9.78 Å². The molecule has 1 atom stereocenters. The zero-order valence-electron chi connectivity index (χ0n) is 14.2. The Bertz CT molecular complexity index is 925. The molecule has 1 saturated heterocycles. The van der Waals surface area contributed by atoms with Crippen LogP contribution in [0.3, 0.4) is 0 Å². The minimum Gasteiger partial charge on any atom is -0.301 e. The number of hydrogen-bond acceptors (Lipinski definition) is 4. The van der Waals surface area contributed by atoms with E-state index in [1.165, 1.54) is 11.1 Å². The number of carbonyl (C=O) groups excluding carboxylic acids is 2. The molecule has 2 amide bonds. The molecule has 7 heteroatoms. The van der Waals surface area contributed by atoms with E-state index in [4.69, 9.17) is 12.2 Å². The van der Waals surface area contributed by atoms with Crippen LogP contribution in [0.25, 0.3) is 0 Å². The molecule has 1 N–H and O–H groups in total. The van der Waals surface area contributed by atoms with Crippen molar-refractivity contribution in [1.29, 1.82) is 0 Å². The topological polar surface area (TPSA) is 61.8 Å². The molecule has 26 heavy (non-hydrogen) atoms. The van der Waals surface area contributed by atoms with E-state index in [1.54, 1.807) is 12.1 Å². The predicted octanol–water partition coefficient (Wildman–Crippen LogP) is 3.67. The number of nitrogens with one attached hydrogen (secondary N) is 1. The normalized spacial score (nSPS) is 17.7. The molecule has 1 heterocycles. The van der Waals surface area contributed by atoms with Gasteiger partial charge >= 0.3 is 0 Å². The molecule has 1 fully saturated rings. The summed E-state index contributed by atoms with van der Waals surface area (Å²) in [6, 6.07) is 13.2. The van der Waals surface area contributed by atoms with Gasteiger partial charge in [-0.25, -0.2) is 0 Å². The Kier molecular flexibility index (Phi) is 5.47. The highest BCUT2D eigenvalue weighted by atomic mass is 127. The van der Waals surface area contributed by atoms with Crippen LogP contribution < -0.4 is 10.2 Å². The van der Waals surface area contributed by atoms with E-state index >= 15 is 0 Å². The minimum absolute atomic E-state index is 0.0824. The van der Waals surface area contributed by atoms with Crippen molar-refractivity contribution < 1.29 is 9.59 Å². The predicted molar refractivity (Wildman–Crippen MR) is 115 cm³/mol. The fourth-order valence-electron chi connectivity index (χ4n) is 2.58. The molecule has 2 aromatic rings. The average molecular weight is 477 g/mol. The van der Waals surface area contributed by atoms with E-state index in [-0.39, 0.29) is 5.11 Å². The van der Waals surface area contributed by atoms with Crippen LogP contribution in [-0.2, 0) is 9.59 Å². The van der Waals surface area contributed by atoms with E-state index in [0.717, 1.165) is 20.4 Å². The van der Waals surface area contributed by atoms with Gasteiger partial charge in [-0.05, 0) is 84.6 Å². The maximum atomic E-state index is 12.9. The van der Waals surface area contributed by atoms with Gasteiger partial charge in [0.1, 0.15) is 0 Å². The number of amides is 2. The first-order valence-electron chi connectivity index (χ1n) is 7.92. The first kappa shape index (κ1) is 18.7. The Balaban J connectivity index is 1.90. The van der Waals surface area contributed by atoms with Gasteiger partial charge in [-0.15, -0.1) is 0 Å². The van der Waals surface area contributed by atoms with Gasteiger partial charge in [0.2, 0.25) is 5.91 Å². The number of aryl methyl sites for hydroxylation is 2. The van der Waals surface area contributed by atoms with Crippen LogP contribution in [0.5, 0.6) is 0 Å². The lowest BCUT2D eigenvalue weighted by Gasteiger charge is -2.31. The number of halogens is 1. The van der Waals surface area contributed by atoms with Crippen molar-refractivity contribution in [2.24, 2.45) is 10.9 Å². The molecular weight excluding hydrogens is 461 g/mol. The number of rotatable bonds is 3. The molecule has 3 rings (SSSR count). The molecule has 2 aromatic carbocycles. The summed E-state index contributed by atoms with van der Waals surface area (Å²) < 4.78 is 1.10. The van der Waals surface area contributed by atoms with Crippen LogP contribution in [0.1, 0.15) is 11.1 Å². The Morgan fingerprint density at radius 1 is 1.15 bits per heavy atom. The van der Waals surface area contributed by atoms with Gasteiger partial charge < -0.3 is 5.32 Å². The Hall–Kier alpha value is -2.13. The van der Waals surface area contributed by atoms with E-state index in [1.807, 2.05) is 44.2 Å². The largest absolute Gasteiger partial charge is 0.301 e. The fraction of sp³-hybridized carbons (Fsp3) is 0.158. The van der Waals surface area contributed by atoms with Crippen molar-refractivity contribution in [1.82, 2.24) is 5.32 Å². The van der Waals surface area contributed by atoms with Crippen LogP contribution in [-0.4, -0.2) is 23.1 Å². The molecule has 0 radical (unpaired) electrons. The molecule has 0 aromatic heterocycles. The molecule has 1 aliphatic rings. The number of carbonyl (C=O) groups is 2. The van der Waals surface area contributed by atoms with Crippen LogP contribution in [0.2, 0.25) is 0 Å². The molecule has 0 spiro atoms. The highest BCUT2D eigenvalue weighted by Crippen LogP contribution is 2.23. The second-order valence-electron chi connectivity index (χ2n) is 5.99. The van der Waals surface area contributed by atoms with E-state index in [0.29, 0.717) is 5.69 Å². The van der Waals surface area contributed by atoms with Crippen LogP contribution in [0.15, 0.2) is 47.5 Å². The highest BCUT2D eigenvalue weighted by molar-refractivity contribution is 14.1. The zero-order valence-corrected chi connectivity index (χ0v) is 17.2. The van der Waals surface area contributed by atoms with Crippen molar-refractivity contribution in [2.75, 3.05) is 4.90 Å². The summed E-state index contributed by atoms with van der Waals surface area (Å²) in [5.41, 5.74) is 3.39. The fourth-order valence-corrected chi connectivity index (χ4v) is 3.52. The Morgan fingerprint density at radius 2 is 1.85 bits per heavy atom. The summed E-state index contributed by atoms with van der Waals surface area (Å²) in [5, 5.41) is 2.67. The van der Waals surface area contributed by atoms with Crippen LogP contribution in [0, 0.1) is 23.3 Å². The van der Waals surface area contributed by atoms with Gasteiger partial charge in [0.25, 0.3) is 5.91 Å². The molecule has 0 bridgehead atoms. The van der Waals surface area contributed by atoms with E-state index < -0.39 is 17.7 Å². The molecule has 132 valence electrons. The summed E-state index contributed by atoms with van der Waals surface area (Å²) in [7, 11) is 0. The Labute approximate surface area is 170 Å². The van der Waals surface area contributed by atoms with Crippen molar-refractivity contribution in [2.45, 2.75) is 13.8 Å². The highest BCUT2D eigenvalue weighted by Gasteiger charge is 2.38. The van der Waals surface area contributed by atoms with Crippen molar-refractivity contribution in [3.63, 3.8) is 0 Å². The van der Waals surface area contributed by atoms with Gasteiger partial charge in [-0.1, -0.05) is 17.7 Å². The second-order valence-corrected chi connectivity index (χ2v) is 7.62. The number of nitrogens with zero attached hydrogens (tertiary/aromatic N) is 2. The standard InChI is InChI=1S/C19H16IN3O2S/c1-11-3-6-14(7-4-11)23-18(25)15(17(24)22-19(23)26)10-21-16-8-5-13(20)9-12(16)2/h3-10,15H,1-2H3,(H,22,24,26)/t15-/m0/s1. The van der Waals surface area contributed by atoms with Crippen molar-refractivity contribution in [3.05, 3.63) is 57.2 Å². The summed E-state index contributed by atoms with van der Waals surface area (Å²) in [5.74, 6) is -1.90. The van der Waals surface area contributed by atoms with E-state index in [9.17, 15) is 9.59 Å². The number of aliphatic imine (C=N–C) groups is 1. The number of anilines is 1. The second kappa shape index (κ2) is 7.63. The third-order valence-electron chi connectivity index (χ3n) is 4.02. The third kappa shape index (κ3) is 3.83. The quantitative estimate of drug-likeness (QED) is 0.318. The van der Waals surface area contributed by atoms with Gasteiger partial charge in [-0.3, -0.25) is 19.5 Å². The minimum atomic E-state index is -1.03. The van der Waals surface area contributed by atoms with Gasteiger partial charge in [-0.2, -0.15) is 0 Å². The molecule has 5 nitrogen and oxygen atoms in total. The lowest BCUT2D eigenvalue weighted by molar-refractivity contribution is -0.130. The molecule has 0 saturated carbocycles. The number of hydrogen-bond donors (Lipinski definition) is 1. The summed E-state index contributed by atoms with van der Waals surface area (Å²) in [6.45, 7) is 3.89. The monoisotopic (exact) mass is 477 g/mol.